The Labute approximate surface area is 135 Å². The van der Waals surface area contributed by atoms with Crippen molar-refractivity contribution in [3.8, 4) is 0 Å². The first-order valence-corrected chi connectivity index (χ1v) is 8.13. The predicted octanol–water partition coefficient (Wildman–Crippen LogP) is 2.73. The molecular weight excluding hydrogens is 297 g/mol. The van der Waals surface area contributed by atoms with Gasteiger partial charge in [-0.15, -0.1) is 0 Å². The summed E-state index contributed by atoms with van der Waals surface area (Å²) in [6.07, 6.45) is 7.24. The van der Waals surface area contributed by atoms with E-state index >= 15 is 0 Å². The molecule has 7 heteroatoms. The minimum absolute atomic E-state index is 0.0643. The molecule has 3 rings (SSSR count). The molecule has 1 aliphatic heterocycles. The number of anilines is 1. The summed E-state index contributed by atoms with van der Waals surface area (Å²) in [5.41, 5.74) is 0.422. The van der Waals surface area contributed by atoms with E-state index in [9.17, 15) is 4.39 Å². The van der Waals surface area contributed by atoms with Gasteiger partial charge in [0.2, 0.25) is 0 Å². The lowest BCUT2D eigenvalue weighted by Crippen LogP contribution is -2.36. The molecule has 0 aromatic carbocycles. The Hall–Kier alpha value is -2.02. The number of rotatable bonds is 5. The smallest absolute Gasteiger partial charge is 0.186 e. The summed E-state index contributed by atoms with van der Waals surface area (Å²) in [6.45, 7) is 5.45. The van der Waals surface area contributed by atoms with Gasteiger partial charge in [0.05, 0.1) is 11.7 Å². The van der Waals surface area contributed by atoms with Gasteiger partial charge in [-0.2, -0.15) is 0 Å². The molecule has 3 heterocycles. The van der Waals surface area contributed by atoms with Crippen molar-refractivity contribution >= 4 is 5.82 Å². The van der Waals surface area contributed by atoms with E-state index in [2.05, 4.69) is 31.8 Å². The first-order chi connectivity index (χ1) is 11.2. The molecule has 2 atom stereocenters. The molecule has 0 radical (unpaired) electrons. The topological polar surface area (TPSA) is 64.9 Å². The number of halogens is 1. The molecule has 1 saturated heterocycles. The van der Waals surface area contributed by atoms with Crippen LogP contribution in [0.4, 0.5) is 10.2 Å². The van der Waals surface area contributed by atoms with Crippen LogP contribution in [0.2, 0.25) is 0 Å². The van der Waals surface area contributed by atoms with Gasteiger partial charge in [0, 0.05) is 25.5 Å². The van der Waals surface area contributed by atoms with Crippen LogP contribution in [0.3, 0.4) is 0 Å². The van der Waals surface area contributed by atoms with Crippen LogP contribution in [-0.2, 0) is 17.7 Å². The number of ether oxygens (including phenoxy) is 1. The predicted molar refractivity (Wildman–Crippen MR) is 84.6 cm³/mol. The second kappa shape index (κ2) is 7.04. The molecular formula is C16H22FN5O. The lowest BCUT2D eigenvalue weighted by Gasteiger charge is -2.32. The highest BCUT2D eigenvalue weighted by Crippen LogP contribution is 2.30. The number of imidazole rings is 1. The van der Waals surface area contributed by atoms with Crippen molar-refractivity contribution in [1.29, 1.82) is 0 Å². The van der Waals surface area contributed by atoms with Gasteiger partial charge in [0.1, 0.15) is 18.3 Å². The highest BCUT2D eigenvalue weighted by molar-refractivity contribution is 5.39. The fraction of sp³-hybridized carbons (Fsp3) is 0.562. The van der Waals surface area contributed by atoms with E-state index in [0.29, 0.717) is 18.7 Å². The summed E-state index contributed by atoms with van der Waals surface area (Å²) in [5.74, 6) is 0.736. The maximum Gasteiger partial charge on any atom is 0.186 e. The molecule has 0 saturated carbocycles. The van der Waals surface area contributed by atoms with Gasteiger partial charge < -0.3 is 14.6 Å². The van der Waals surface area contributed by atoms with E-state index in [-0.39, 0.29) is 23.8 Å². The van der Waals surface area contributed by atoms with Gasteiger partial charge in [-0.25, -0.2) is 19.3 Å². The average molecular weight is 319 g/mol. The molecule has 0 bridgehead atoms. The van der Waals surface area contributed by atoms with E-state index in [1.807, 2.05) is 13.1 Å². The van der Waals surface area contributed by atoms with Crippen molar-refractivity contribution in [3.63, 3.8) is 0 Å². The monoisotopic (exact) mass is 319 g/mol. The lowest BCUT2D eigenvalue weighted by atomic mass is 10.0. The third-order valence-corrected chi connectivity index (χ3v) is 4.18. The van der Waals surface area contributed by atoms with Gasteiger partial charge in [-0.05, 0) is 26.2 Å². The Balaban J connectivity index is 1.85. The van der Waals surface area contributed by atoms with Crippen LogP contribution in [0.15, 0.2) is 18.7 Å². The van der Waals surface area contributed by atoms with Crippen LogP contribution in [-0.4, -0.2) is 32.2 Å². The molecule has 2 aromatic rings. The second-order valence-electron chi connectivity index (χ2n) is 5.59. The minimum Gasteiger partial charge on any atom is -0.368 e. The zero-order valence-electron chi connectivity index (χ0n) is 13.5. The fourth-order valence-electron chi connectivity index (χ4n) is 2.96. The van der Waals surface area contributed by atoms with E-state index in [0.717, 1.165) is 25.2 Å². The maximum atomic E-state index is 14.4. The Kier molecular flexibility index (Phi) is 4.85. The third-order valence-electron chi connectivity index (χ3n) is 4.18. The Morgan fingerprint density at radius 2 is 2.22 bits per heavy atom. The SMILES string of the molecule is CCc1ncnc(N[C@H]2CCCO[C@@H]2c2nccn2CC)c1F. The molecule has 1 aliphatic rings. The van der Waals surface area contributed by atoms with E-state index < -0.39 is 0 Å². The molecule has 2 aromatic heterocycles. The largest absolute Gasteiger partial charge is 0.368 e. The number of hydrogen-bond donors (Lipinski definition) is 1. The molecule has 0 aliphatic carbocycles. The summed E-state index contributed by atoms with van der Waals surface area (Å²) in [6, 6.07) is -0.0643. The van der Waals surface area contributed by atoms with Gasteiger partial charge in [0.15, 0.2) is 11.6 Å². The number of aryl methyl sites for hydroxylation is 2. The van der Waals surface area contributed by atoms with Crippen molar-refractivity contribution in [2.45, 2.75) is 51.8 Å². The summed E-state index contributed by atoms with van der Waals surface area (Å²) in [5, 5.41) is 3.21. The Morgan fingerprint density at radius 1 is 1.35 bits per heavy atom. The van der Waals surface area contributed by atoms with E-state index in [1.165, 1.54) is 6.33 Å². The Morgan fingerprint density at radius 3 is 3.00 bits per heavy atom. The van der Waals surface area contributed by atoms with Crippen LogP contribution in [0.1, 0.15) is 44.3 Å². The third kappa shape index (κ3) is 3.19. The van der Waals surface area contributed by atoms with Crippen LogP contribution in [0, 0.1) is 5.82 Å². The zero-order chi connectivity index (χ0) is 16.2. The number of nitrogens with zero attached hydrogens (tertiary/aromatic N) is 4. The molecule has 0 spiro atoms. The van der Waals surface area contributed by atoms with Crippen molar-refractivity contribution < 1.29 is 9.13 Å². The van der Waals surface area contributed by atoms with Crippen LogP contribution in [0.5, 0.6) is 0 Å². The average Bonchev–Trinajstić information content (AvgIpc) is 3.06. The lowest BCUT2D eigenvalue weighted by molar-refractivity contribution is -0.00186. The molecule has 1 N–H and O–H groups in total. The molecule has 124 valence electrons. The fourth-order valence-corrected chi connectivity index (χ4v) is 2.96. The number of nitrogens with one attached hydrogen (secondary N) is 1. The highest BCUT2D eigenvalue weighted by atomic mass is 19.1. The van der Waals surface area contributed by atoms with Gasteiger partial charge >= 0.3 is 0 Å². The second-order valence-corrected chi connectivity index (χ2v) is 5.59. The maximum absolute atomic E-state index is 14.4. The van der Waals surface area contributed by atoms with E-state index in [1.54, 1.807) is 6.20 Å². The van der Waals surface area contributed by atoms with Crippen LogP contribution < -0.4 is 5.32 Å². The van der Waals surface area contributed by atoms with E-state index in [4.69, 9.17) is 4.74 Å². The van der Waals surface area contributed by atoms with Gasteiger partial charge in [-0.3, -0.25) is 0 Å². The van der Waals surface area contributed by atoms with Crippen molar-refractivity contribution in [1.82, 2.24) is 19.5 Å². The highest BCUT2D eigenvalue weighted by Gasteiger charge is 2.31. The molecule has 23 heavy (non-hydrogen) atoms. The van der Waals surface area contributed by atoms with Gasteiger partial charge in [-0.1, -0.05) is 6.92 Å². The normalized spacial score (nSPS) is 21.3. The Bertz CT molecular complexity index is 660. The summed E-state index contributed by atoms with van der Waals surface area (Å²) in [7, 11) is 0. The van der Waals surface area contributed by atoms with Crippen molar-refractivity contribution in [3.05, 3.63) is 36.1 Å². The van der Waals surface area contributed by atoms with Crippen LogP contribution >= 0.6 is 0 Å². The molecule has 6 nitrogen and oxygen atoms in total. The quantitative estimate of drug-likeness (QED) is 0.918. The van der Waals surface area contributed by atoms with Gasteiger partial charge in [0.25, 0.3) is 0 Å². The number of hydrogen-bond acceptors (Lipinski definition) is 5. The standard InChI is InChI=1S/C16H22FN5O/c1-3-11-13(17)15(20-10-19-11)21-12-6-5-9-23-14(12)16-18-7-8-22(16)4-2/h7-8,10,12,14H,3-6,9H2,1-2H3,(H,19,20,21)/t12-,14-/m0/s1. The summed E-state index contributed by atoms with van der Waals surface area (Å²) in [4.78, 5) is 12.5. The summed E-state index contributed by atoms with van der Waals surface area (Å²) >= 11 is 0. The molecule has 1 fully saturated rings. The van der Waals surface area contributed by atoms with Crippen molar-refractivity contribution in [2.75, 3.05) is 11.9 Å². The zero-order valence-corrected chi connectivity index (χ0v) is 13.5. The van der Waals surface area contributed by atoms with Crippen LogP contribution in [0.25, 0.3) is 0 Å². The minimum atomic E-state index is -0.377. The number of aromatic nitrogens is 4. The molecule has 0 unspecified atom stereocenters. The first-order valence-electron chi connectivity index (χ1n) is 8.13. The first kappa shape index (κ1) is 15.9. The molecule has 0 amide bonds. The van der Waals surface area contributed by atoms with Crippen molar-refractivity contribution in [2.24, 2.45) is 0 Å². The summed E-state index contributed by atoms with van der Waals surface area (Å²) < 4.78 is 22.4.